The molecule has 8 heteroatoms. The molecule has 0 saturated heterocycles. The molecular formula is C16H25N3O5. The first-order valence-electron chi connectivity index (χ1n) is 7.80. The van der Waals surface area contributed by atoms with Crippen molar-refractivity contribution in [3.8, 4) is 11.5 Å². The highest BCUT2D eigenvalue weighted by molar-refractivity contribution is 5.96. The van der Waals surface area contributed by atoms with Gasteiger partial charge in [0, 0.05) is 19.7 Å². The third-order valence-corrected chi connectivity index (χ3v) is 2.85. The maximum Gasteiger partial charge on any atom is 0.321 e. The summed E-state index contributed by atoms with van der Waals surface area (Å²) in [6, 6.07) is 4.75. The van der Waals surface area contributed by atoms with Gasteiger partial charge in [-0.25, -0.2) is 4.79 Å². The second-order valence-corrected chi connectivity index (χ2v) is 4.67. The molecule has 0 atom stereocenters. The lowest BCUT2D eigenvalue weighted by Gasteiger charge is -2.14. The van der Waals surface area contributed by atoms with Crippen LogP contribution in [0, 0.1) is 0 Å². The number of nitrogens with one attached hydrogen (secondary N) is 3. The molecule has 134 valence electrons. The predicted molar refractivity (Wildman–Crippen MR) is 90.7 cm³/mol. The lowest BCUT2D eigenvalue weighted by atomic mass is 10.2. The van der Waals surface area contributed by atoms with E-state index >= 15 is 0 Å². The number of carbonyl (C=O) groups is 2. The summed E-state index contributed by atoms with van der Waals surface area (Å²) in [6.45, 7) is 5.42. The molecule has 1 aromatic rings. The highest BCUT2D eigenvalue weighted by Gasteiger charge is 2.10. The third-order valence-electron chi connectivity index (χ3n) is 2.85. The summed E-state index contributed by atoms with van der Waals surface area (Å²) in [5, 5.41) is 7.67. The van der Waals surface area contributed by atoms with E-state index in [4.69, 9.17) is 14.2 Å². The summed E-state index contributed by atoms with van der Waals surface area (Å²) in [4.78, 5) is 23.3. The van der Waals surface area contributed by atoms with Gasteiger partial charge in [0.15, 0.2) is 0 Å². The number of anilines is 1. The van der Waals surface area contributed by atoms with Crippen LogP contribution in [0.2, 0.25) is 0 Å². The zero-order chi connectivity index (χ0) is 17.8. The number of rotatable bonds is 10. The number of urea groups is 1. The molecule has 0 saturated carbocycles. The topological polar surface area (TPSA) is 97.9 Å². The molecular weight excluding hydrogens is 314 g/mol. The van der Waals surface area contributed by atoms with Gasteiger partial charge >= 0.3 is 6.03 Å². The van der Waals surface area contributed by atoms with Crippen molar-refractivity contribution in [2.75, 3.05) is 45.3 Å². The number of amides is 3. The number of hydrogen-bond acceptors (Lipinski definition) is 6. The van der Waals surface area contributed by atoms with E-state index in [-0.39, 0.29) is 6.54 Å². The Morgan fingerprint density at radius 2 is 1.88 bits per heavy atom. The van der Waals surface area contributed by atoms with Gasteiger partial charge in [-0.3, -0.25) is 10.1 Å². The lowest BCUT2D eigenvalue weighted by Crippen LogP contribution is -2.43. The first-order chi connectivity index (χ1) is 11.6. The smallest absolute Gasteiger partial charge is 0.321 e. The summed E-state index contributed by atoms with van der Waals surface area (Å²) in [6.07, 6.45) is 0. The first-order valence-corrected chi connectivity index (χ1v) is 7.80. The average Bonchev–Trinajstić information content (AvgIpc) is 2.55. The van der Waals surface area contributed by atoms with E-state index in [1.54, 1.807) is 18.2 Å². The van der Waals surface area contributed by atoms with E-state index in [0.29, 0.717) is 43.6 Å². The first kappa shape index (κ1) is 19.6. The van der Waals surface area contributed by atoms with Crippen molar-refractivity contribution < 1.29 is 23.8 Å². The standard InChI is InChI=1S/C16H25N3O5/c1-4-23-12-6-7-14(24-5-2)13(10-12)18-11-15(20)19-16(21)17-8-9-22-3/h6-7,10,18H,4-5,8-9,11H2,1-3H3,(H2,17,19,20,21). The van der Waals surface area contributed by atoms with Gasteiger partial charge in [0.1, 0.15) is 11.5 Å². The molecule has 8 nitrogen and oxygen atoms in total. The Balaban J connectivity index is 2.56. The Morgan fingerprint density at radius 1 is 1.12 bits per heavy atom. The fourth-order valence-corrected chi connectivity index (χ4v) is 1.84. The Labute approximate surface area is 141 Å². The number of imide groups is 1. The van der Waals surface area contributed by atoms with Gasteiger partial charge in [-0.15, -0.1) is 0 Å². The Morgan fingerprint density at radius 3 is 2.54 bits per heavy atom. The van der Waals surface area contributed by atoms with Crippen LogP contribution < -0.4 is 25.4 Å². The minimum absolute atomic E-state index is 0.0760. The molecule has 0 unspecified atom stereocenters. The van der Waals surface area contributed by atoms with Crippen LogP contribution in [0.4, 0.5) is 10.5 Å². The highest BCUT2D eigenvalue weighted by atomic mass is 16.5. The molecule has 0 aromatic heterocycles. The molecule has 0 aliphatic rings. The molecule has 3 amide bonds. The van der Waals surface area contributed by atoms with Crippen LogP contribution in [0.15, 0.2) is 18.2 Å². The van der Waals surface area contributed by atoms with E-state index in [9.17, 15) is 9.59 Å². The Kier molecular flexibility index (Phi) is 9.06. The molecule has 0 heterocycles. The van der Waals surface area contributed by atoms with Crippen molar-refractivity contribution >= 4 is 17.6 Å². The van der Waals surface area contributed by atoms with Crippen LogP contribution in [0.25, 0.3) is 0 Å². The van der Waals surface area contributed by atoms with Crippen LogP contribution in [0.5, 0.6) is 11.5 Å². The van der Waals surface area contributed by atoms with Crippen LogP contribution >= 0.6 is 0 Å². The molecule has 1 rings (SSSR count). The molecule has 24 heavy (non-hydrogen) atoms. The molecule has 0 bridgehead atoms. The van der Waals surface area contributed by atoms with Crippen molar-refractivity contribution in [3.05, 3.63) is 18.2 Å². The molecule has 1 aromatic carbocycles. The predicted octanol–water partition coefficient (Wildman–Crippen LogP) is 1.37. The Hall–Kier alpha value is -2.48. The SMILES string of the molecule is CCOc1ccc(OCC)c(NCC(=O)NC(=O)NCCOC)c1. The average molecular weight is 339 g/mol. The van der Waals surface area contributed by atoms with Crippen molar-refractivity contribution in [2.45, 2.75) is 13.8 Å². The second-order valence-electron chi connectivity index (χ2n) is 4.67. The van der Waals surface area contributed by atoms with Crippen molar-refractivity contribution in [1.82, 2.24) is 10.6 Å². The minimum atomic E-state index is -0.563. The molecule has 0 aliphatic carbocycles. The fraction of sp³-hybridized carbons (Fsp3) is 0.500. The maximum atomic E-state index is 11.8. The van der Waals surface area contributed by atoms with E-state index in [2.05, 4.69) is 16.0 Å². The summed E-state index contributed by atoms with van der Waals surface area (Å²) in [5.74, 6) is 0.814. The van der Waals surface area contributed by atoms with Crippen molar-refractivity contribution in [3.63, 3.8) is 0 Å². The number of hydrogen-bond donors (Lipinski definition) is 3. The zero-order valence-electron chi connectivity index (χ0n) is 14.3. The minimum Gasteiger partial charge on any atom is -0.494 e. The summed E-state index contributed by atoms with van der Waals surface area (Å²) in [5.41, 5.74) is 0.623. The highest BCUT2D eigenvalue weighted by Crippen LogP contribution is 2.29. The molecule has 0 radical (unpaired) electrons. The van der Waals surface area contributed by atoms with E-state index in [1.807, 2.05) is 13.8 Å². The number of benzene rings is 1. The molecule has 0 aliphatic heterocycles. The summed E-state index contributed by atoms with van der Waals surface area (Å²) >= 11 is 0. The third kappa shape index (κ3) is 7.19. The van der Waals surface area contributed by atoms with Gasteiger partial charge in [0.05, 0.1) is 32.1 Å². The second kappa shape index (κ2) is 11.1. The van der Waals surface area contributed by atoms with Gasteiger partial charge in [-0.1, -0.05) is 0 Å². The van der Waals surface area contributed by atoms with Gasteiger partial charge in [0.25, 0.3) is 0 Å². The monoisotopic (exact) mass is 339 g/mol. The number of carbonyl (C=O) groups excluding carboxylic acids is 2. The number of methoxy groups -OCH3 is 1. The van der Waals surface area contributed by atoms with Gasteiger partial charge in [-0.05, 0) is 26.0 Å². The molecule has 0 fully saturated rings. The summed E-state index contributed by atoms with van der Waals surface area (Å²) in [7, 11) is 1.53. The largest absolute Gasteiger partial charge is 0.494 e. The maximum absolute atomic E-state index is 11.8. The van der Waals surface area contributed by atoms with Gasteiger partial charge < -0.3 is 24.8 Å². The van der Waals surface area contributed by atoms with Crippen LogP contribution in [-0.2, 0) is 9.53 Å². The van der Waals surface area contributed by atoms with E-state index in [0.717, 1.165) is 0 Å². The zero-order valence-corrected chi connectivity index (χ0v) is 14.3. The van der Waals surface area contributed by atoms with Crippen molar-refractivity contribution in [2.24, 2.45) is 0 Å². The van der Waals surface area contributed by atoms with Gasteiger partial charge in [0.2, 0.25) is 5.91 Å². The summed E-state index contributed by atoms with van der Waals surface area (Å²) < 4.78 is 15.7. The van der Waals surface area contributed by atoms with Gasteiger partial charge in [-0.2, -0.15) is 0 Å². The fourth-order valence-electron chi connectivity index (χ4n) is 1.84. The Bertz CT molecular complexity index is 536. The van der Waals surface area contributed by atoms with Crippen molar-refractivity contribution in [1.29, 1.82) is 0 Å². The molecule has 3 N–H and O–H groups in total. The van der Waals surface area contributed by atoms with Crippen LogP contribution in [-0.4, -0.2) is 52.0 Å². The number of ether oxygens (including phenoxy) is 3. The van der Waals surface area contributed by atoms with E-state index < -0.39 is 11.9 Å². The van der Waals surface area contributed by atoms with E-state index in [1.165, 1.54) is 7.11 Å². The van der Waals surface area contributed by atoms with Crippen LogP contribution in [0.3, 0.4) is 0 Å². The lowest BCUT2D eigenvalue weighted by molar-refractivity contribution is -0.118. The quantitative estimate of drug-likeness (QED) is 0.557. The van der Waals surface area contributed by atoms with Crippen LogP contribution in [0.1, 0.15) is 13.8 Å². The normalized spacial score (nSPS) is 9.96. The molecule has 0 spiro atoms.